The number of aromatic nitrogens is 3. The molecule has 1 atom stereocenters. The van der Waals surface area contributed by atoms with Crippen LogP contribution in [0.5, 0.6) is 0 Å². The van der Waals surface area contributed by atoms with Gasteiger partial charge in [0.2, 0.25) is 5.91 Å². The van der Waals surface area contributed by atoms with E-state index in [1.807, 2.05) is 6.92 Å². The number of rotatable bonds is 3. The Hall–Kier alpha value is -2.85. The van der Waals surface area contributed by atoms with Gasteiger partial charge < -0.3 is 4.90 Å². The van der Waals surface area contributed by atoms with E-state index in [0.29, 0.717) is 18.7 Å². The smallest absolute Gasteiger partial charge is 0.336 e. The van der Waals surface area contributed by atoms with Gasteiger partial charge >= 0.3 is 12.4 Å². The van der Waals surface area contributed by atoms with Gasteiger partial charge in [0.1, 0.15) is 6.33 Å². The van der Waals surface area contributed by atoms with Gasteiger partial charge in [-0.05, 0) is 31.5 Å². The summed E-state index contributed by atoms with van der Waals surface area (Å²) in [7, 11) is 0. The molecule has 0 radical (unpaired) electrons. The predicted octanol–water partition coefficient (Wildman–Crippen LogP) is 4.07. The van der Waals surface area contributed by atoms with E-state index in [1.165, 1.54) is 12.3 Å². The summed E-state index contributed by atoms with van der Waals surface area (Å²) in [6.07, 6.45) is -5.49. The van der Waals surface area contributed by atoms with Crippen LogP contribution in [0.15, 0.2) is 30.6 Å². The molecular formula is C17H14F6N4O. The zero-order chi connectivity index (χ0) is 20.7. The molecule has 1 amide bonds. The number of carbonyl (C=O) groups excluding carboxylic acids is 1. The van der Waals surface area contributed by atoms with E-state index in [1.54, 1.807) is 4.90 Å². The van der Waals surface area contributed by atoms with Crippen molar-refractivity contribution in [3.05, 3.63) is 41.7 Å². The highest BCUT2D eigenvalue weighted by molar-refractivity contribution is 5.90. The summed E-state index contributed by atoms with van der Waals surface area (Å²) >= 11 is 0. The summed E-state index contributed by atoms with van der Waals surface area (Å²) in [4.78, 5) is 17.3. The van der Waals surface area contributed by atoms with Crippen LogP contribution >= 0.6 is 0 Å². The van der Waals surface area contributed by atoms with Crippen LogP contribution in [0.4, 0.5) is 26.3 Å². The Morgan fingerprint density at radius 3 is 2.18 bits per heavy atom. The minimum atomic E-state index is -4.96. The molecule has 0 saturated carbocycles. The van der Waals surface area contributed by atoms with E-state index >= 15 is 0 Å². The molecule has 0 N–H and O–H groups in total. The van der Waals surface area contributed by atoms with E-state index in [4.69, 9.17) is 0 Å². The lowest BCUT2D eigenvalue weighted by Crippen LogP contribution is -2.48. The molecule has 1 aromatic heterocycles. The second kappa shape index (κ2) is 6.95. The third-order valence-electron chi connectivity index (χ3n) is 4.33. The molecule has 2 aromatic rings. The Morgan fingerprint density at radius 2 is 1.71 bits per heavy atom. The van der Waals surface area contributed by atoms with Gasteiger partial charge in [-0.25, -0.2) is 9.67 Å². The lowest BCUT2D eigenvalue weighted by Gasteiger charge is -2.37. The van der Waals surface area contributed by atoms with Crippen molar-refractivity contribution in [2.24, 2.45) is 0 Å². The number of carbonyl (C=O) groups is 1. The average Bonchev–Trinajstić information content (AvgIpc) is 3.05. The van der Waals surface area contributed by atoms with Crippen molar-refractivity contribution in [3.8, 4) is 11.4 Å². The Labute approximate surface area is 155 Å². The first-order chi connectivity index (χ1) is 12.9. The van der Waals surface area contributed by atoms with Gasteiger partial charge in [0.05, 0.1) is 11.1 Å². The fourth-order valence-corrected chi connectivity index (χ4v) is 2.64. The number of benzene rings is 1. The minimum absolute atomic E-state index is 0.0350. The summed E-state index contributed by atoms with van der Waals surface area (Å²) < 4.78 is 78.7. The quantitative estimate of drug-likeness (QED) is 0.572. The standard InChI is InChI=1S/C17H14F6N4O/c1-10-2-5-27(10)14(28)3-4-26-9-24-15(25-26)11-6-12(16(18,19)20)8-13(7-11)17(21,22)23/h3-4,6-10H,2,5H2,1H3/b4-3-. The molecule has 28 heavy (non-hydrogen) atoms. The molecule has 1 aliphatic rings. The number of nitrogens with zero attached hydrogens (tertiary/aromatic N) is 4. The topological polar surface area (TPSA) is 51.0 Å². The summed E-state index contributed by atoms with van der Waals surface area (Å²) in [5, 5.41) is 3.83. The van der Waals surface area contributed by atoms with Crippen LogP contribution in [0.3, 0.4) is 0 Å². The molecule has 2 heterocycles. The van der Waals surface area contributed by atoms with Crippen molar-refractivity contribution >= 4 is 12.1 Å². The fourth-order valence-electron chi connectivity index (χ4n) is 2.64. The first-order valence-electron chi connectivity index (χ1n) is 8.15. The predicted molar refractivity (Wildman–Crippen MR) is 86.6 cm³/mol. The molecule has 5 nitrogen and oxygen atoms in total. The number of likely N-dealkylation sites (tertiary alicyclic amines) is 1. The molecule has 1 aromatic carbocycles. The van der Waals surface area contributed by atoms with Gasteiger partial charge in [0.25, 0.3) is 0 Å². The highest BCUT2D eigenvalue weighted by Crippen LogP contribution is 2.38. The van der Waals surface area contributed by atoms with E-state index in [0.717, 1.165) is 17.4 Å². The lowest BCUT2D eigenvalue weighted by molar-refractivity contribution is -0.143. The Bertz CT molecular complexity index is 883. The van der Waals surface area contributed by atoms with Crippen LogP contribution in [-0.2, 0) is 17.1 Å². The maximum atomic E-state index is 12.9. The SMILES string of the molecule is CC1CCN1C(=O)/C=C\n1cnc(-c2cc(C(F)(F)F)cc(C(F)(F)F)c2)n1. The van der Waals surface area contributed by atoms with E-state index < -0.39 is 29.0 Å². The van der Waals surface area contributed by atoms with Crippen molar-refractivity contribution in [2.75, 3.05) is 6.54 Å². The molecule has 0 spiro atoms. The number of hydrogen-bond acceptors (Lipinski definition) is 3. The van der Waals surface area contributed by atoms with Gasteiger partial charge in [0, 0.05) is 30.4 Å². The Kier molecular flexibility index (Phi) is 4.94. The zero-order valence-corrected chi connectivity index (χ0v) is 14.4. The number of hydrogen-bond donors (Lipinski definition) is 0. The van der Waals surface area contributed by atoms with Crippen LogP contribution in [0.1, 0.15) is 24.5 Å². The molecule has 11 heteroatoms. The summed E-state index contributed by atoms with van der Waals surface area (Å²) in [5.74, 6) is -0.597. The third-order valence-corrected chi connectivity index (χ3v) is 4.33. The largest absolute Gasteiger partial charge is 0.416 e. The van der Waals surface area contributed by atoms with E-state index in [2.05, 4.69) is 10.1 Å². The van der Waals surface area contributed by atoms with Gasteiger partial charge in [-0.2, -0.15) is 26.3 Å². The van der Waals surface area contributed by atoms with Gasteiger partial charge in [-0.15, -0.1) is 5.10 Å². The van der Waals surface area contributed by atoms with Gasteiger partial charge in [0.15, 0.2) is 5.82 Å². The van der Waals surface area contributed by atoms with Crippen molar-refractivity contribution in [3.63, 3.8) is 0 Å². The van der Waals surface area contributed by atoms with Crippen molar-refractivity contribution in [1.29, 1.82) is 0 Å². The summed E-state index contributed by atoms with van der Waals surface area (Å²) in [5.41, 5.74) is -3.34. The average molecular weight is 404 g/mol. The minimum Gasteiger partial charge on any atom is -0.336 e. The second-order valence-corrected chi connectivity index (χ2v) is 6.33. The normalized spacial score (nSPS) is 17.8. The fraction of sp³-hybridized carbons (Fsp3) is 0.353. The second-order valence-electron chi connectivity index (χ2n) is 6.33. The van der Waals surface area contributed by atoms with E-state index in [9.17, 15) is 31.1 Å². The lowest BCUT2D eigenvalue weighted by atomic mass is 10.0. The monoisotopic (exact) mass is 404 g/mol. The molecular weight excluding hydrogens is 390 g/mol. The number of amides is 1. The maximum Gasteiger partial charge on any atom is 0.416 e. The van der Waals surface area contributed by atoms with Crippen molar-refractivity contribution in [1.82, 2.24) is 19.7 Å². The highest BCUT2D eigenvalue weighted by Gasteiger charge is 2.37. The van der Waals surface area contributed by atoms with Crippen molar-refractivity contribution in [2.45, 2.75) is 31.7 Å². The molecule has 150 valence electrons. The van der Waals surface area contributed by atoms with Crippen LogP contribution in [-0.4, -0.2) is 38.2 Å². The van der Waals surface area contributed by atoms with Gasteiger partial charge in [-0.3, -0.25) is 4.79 Å². The molecule has 0 bridgehead atoms. The molecule has 1 unspecified atom stereocenters. The number of halogens is 6. The molecule has 1 aliphatic heterocycles. The molecule has 1 saturated heterocycles. The third kappa shape index (κ3) is 4.18. The molecule has 0 aliphatic carbocycles. The summed E-state index contributed by atoms with van der Waals surface area (Å²) in [6.45, 7) is 2.51. The van der Waals surface area contributed by atoms with Crippen LogP contribution in [0, 0.1) is 0 Å². The van der Waals surface area contributed by atoms with Crippen LogP contribution < -0.4 is 0 Å². The van der Waals surface area contributed by atoms with E-state index in [-0.39, 0.29) is 23.8 Å². The summed E-state index contributed by atoms with van der Waals surface area (Å²) in [6, 6.07) is 1.25. The first-order valence-corrected chi connectivity index (χ1v) is 8.15. The van der Waals surface area contributed by atoms with Crippen molar-refractivity contribution < 1.29 is 31.1 Å². The maximum absolute atomic E-state index is 12.9. The first kappa shape index (κ1) is 19.9. The van der Waals surface area contributed by atoms with Gasteiger partial charge in [-0.1, -0.05) is 0 Å². The Balaban J connectivity index is 1.89. The van der Waals surface area contributed by atoms with Crippen LogP contribution in [0.25, 0.3) is 17.6 Å². The number of alkyl halides is 6. The van der Waals surface area contributed by atoms with Crippen LogP contribution in [0.2, 0.25) is 0 Å². The Morgan fingerprint density at radius 1 is 1.11 bits per heavy atom. The zero-order valence-electron chi connectivity index (χ0n) is 14.4. The molecule has 3 rings (SSSR count). The highest BCUT2D eigenvalue weighted by atomic mass is 19.4. The molecule has 1 fully saturated rings.